The Kier molecular flexibility index (Phi) is 10.3. The van der Waals surface area contributed by atoms with Crippen LogP contribution in [0.25, 0.3) is 0 Å². The molecule has 5 nitrogen and oxygen atoms in total. The third-order valence-corrected chi connectivity index (χ3v) is 3.01. The number of nitrogens with zero attached hydrogens (tertiary/aromatic N) is 1. The molecule has 2 amide bonds. The predicted molar refractivity (Wildman–Crippen MR) is 89.6 cm³/mol. The van der Waals surface area contributed by atoms with Crippen LogP contribution in [0.4, 0.5) is 0 Å². The molecule has 1 aliphatic rings. The number of hydrogen-bond acceptors (Lipinski definition) is 4. The molecule has 0 aromatic heterocycles. The van der Waals surface area contributed by atoms with E-state index in [2.05, 4.69) is 0 Å². The van der Waals surface area contributed by atoms with Crippen LogP contribution in [-0.4, -0.2) is 22.8 Å². The zero-order valence-electron chi connectivity index (χ0n) is 14.7. The Hall–Kier alpha value is -2.17. The molecule has 128 valence electrons. The van der Waals surface area contributed by atoms with Gasteiger partial charge in [-0.05, 0) is 30.5 Å². The number of carbonyl (C=O) groups is 3. The fourth-order valence-corrected chi connectivity index (χ4v) is 1.85. The van der Waals surface area contributed by atoms with Gasteiger partial charge in [-0.1, -0.05) is 46.8 Å². The molecule has 23 heavy (non-hydrogen) atoms. The molecule has 1 saturated heterocycles. The molecule has 1 aromatic carbocycles. The maximum absolute atomic E-state index is 11.8. The van der Waals surface area contributed by atoms with E-state index in [1.165, 1.54) is 0 Å². The Morgan fingerprint density at radius 2 is 1.48 bits per heavy atom. The van der Waals surface area contributed by atoms with Crippen molar-refractivity contribution in [1.29, 1.82) is 0 Å². The number of hydrogen-bond donors (Lipinski definition) is 0. The Labute approximate surface area is 138 Å². The van der Waals surface area contributed by atoms with E-state index in [4.69, 9.17) is 4.84 Å². The van der Waals surface area contributed by atoms with Crippen LogP contribution in [0.5, 0.6) is 0 Å². The van der Waals surface area contributed by atoms with Crippen molar-refractivity contribution in [2.45, 2.75) is 60.3 Å². The Bertz CT molecular complexity index is 492. The van der Waals surface area contributed by atoms with Gasteiger partial charge < -0.3 is 4.84 Å². The third-order valence-electron chi connectivity index (χ3n) is 3.01. The summed E-state index contributed by atoms with van der Waals surface area (Å²) in [5, 5.41) is 0.583. The van der Waals surface area contributed by atoms with Gasteiger partial charge in [0.1, 0.15) is 0 Å². The van der Waals surface area contributed by atoms with Crippen LogP contribution in [0.2, 0.25) is 0 Å². The maximum atomic E-state index is 11.8. The van der Waals surface area contributed by atoms with Crippen molar-refractivity contribution < 1.29 is 19.2 Å². The molecule has 0 spiro atoms. The second-order valence-corrected chi connectivity index (χ2v) is 4.36. The molecule has 0 unspecified atom stereocenters. The quantitative estimate of drug-likeness (QED) is 0.792. The van der Waals surface area contributed by atoms with Crippen molar-refractivity contribution in [3.05, 3.63) is 35.4 Å². The number of benzene rings is 1. The summed E-state index contributed by atoms with van der Waals surface area (Å²) in [6.45, 7) is 10.0. The van der Waals surface area contributed by atoms with Gasteiger partial charge in [0.2, 0.25) is 0 Å². The second-order valence-electron chi connectivity index (χ2n) is 4.36. The van der Waals surface area contributed by atoms with Gasteiger partial charge in [0.05, 0.1) is 5.56 Å². The van der Waals surface area contributed by atoms with E-state index in [0.717, 1.165) is 12.0 Å². The van der Waals surface area contributed by atoms with Crippen LogP contribution in [0.3, 0.4) is 0 Å². The van der Waals surface area contributed by atoms with Crippen molar-refractivity contribution in [1.82, 2.24) is 5.06 Å². The lowest BCUT2D eigenvalue weighted by Crippen LogP contribution is -2.41. The highest BCUT2D eigenvalue weighted by atomic mass is 16.7. The van der Waals surface area contributed by atoms with Crippen LogP contribution in [0.15, 0.2) is 24.3 Å². The van der Waals surface area contributed by atoms with Crippen LogP contribution in [0.1, 0.15) is 69.8 Å². The molecule has 2 rings (SSSR count). The summed E-state index contributed by atoms with van der Waals surface area (Å²) < 4.78 is 0. The van der Waals surface area contributed by atoms with Crippen molar-refractivity contribution in [2.75, 3.05) is 0 Å². The minimum atomic E-state index is -0.689. The second kappa shape index (κ2) is 11.4. The predicted octanol–water partition coefficient (Wildman–Crippen LogP) is 3.91. The summed E-state index contributed by atoms with van der Waals surface area (Å²) in [5.74, 6) is -1.61. The summed E-state index contributed by atoms with van der Waals surface area (Å²) in [4.78, 5) is 39.7. The number of aryl methyl sites for hydroxylation is 1. The highest BCUT2D eigenvalue weighted by Gasteiger charge is 2.30. The maximum Gasteiger partial charge on any atom is 0.363 e. The molecule has 1 aliphatic heterocycles. The number of hydroxylamine groups is 2. The van der Waals surface area contributed by atoms with Crippen LogP contribution in [-0.2, 0) is 20.8 Å². The molecule has 0 radical (unpaired) electrons. The van der Waals surface area contributed by atoms with E-state index in [0.29, 0.717) is 17.0 Å². The van der Waals surface area contributed by atoms with Gasteiger partial charge in [-0.3, -0.25) is 9.59 Å². The number of carbonyl (C=O) groups excluding carboxylic acids is 3. The van der Waals surface area contributed by atoms with Gasteiger partial charge in [-0.2, -0.15) is 0 Å². The Balaban J connectivity index is 0.00000112. The molecule has 1 fully saturated rings. The Morgan fingerprint density at radius 1 is 1.00 bits per heavy atom. The van der Waals surface area contributed by atoms with E-state index in [1.54, 1.807) is 12.1 Å². The van der Waals surface area contributed by atoms with Crippen LogP contribution in [0, 0.1) is 0 Å². The van der Waals surface area contributed by atoms with Gasteiger partial charge in [-0.25, -0.2) is 4.79 Å². The minimum absolute atomic E-state index is 0.230. The first kappa shape index (κ1) is 20.8. The zero-order valence-corrected chi connectivity index (χ0v) is 14.7. The van der Waals surface area contributed by atoms with Crippen molar-refractivity contribution in [3.63, 3.8) is 0 Å². The zero-order chi connectivity index (χ0) is 17.8. The molecule has 5 heteroatoms. The highest BCUT2D eigenvalue weighted by Crippen LogP contribution is 2.14. The first-order chi connectivity index (χ1) is 11.1. The average molecular weight is 321 g/mol. The SMILES string of the molecule is CC.CC.CCc1ccc(C(=O)ON2C(=O)CCCC2=O)cc1. The lowest BCUT2D eigenvalue weighted by Gasteiger charge is -2.22. The van der Waals surface area contributed by atoms with Gasteiger partial charge in [0.25, 0.3) is 11.8 Å². The van der Waals surface area contributed by atoms with Gasteiger partial charge >= 0.3 is 5.97 Å². The number of imide groups is 1. The summed E-state index contributed by atoms with van der Waals surface area (Å²) in [7, 11) is 0. The largest absolute Gasteiger partial charge is 0.363 e. The summed E-state index contributed by atoms with van der Waals surface area (Å²) >= 11 is 0. The van der Waals surface area contributed by atoms with E-state index in [9.17, 15) is 14.4 Å². The van der Waals surface area contributed by atoms with Crippen molar-refractivity contribution in [3.8, 4) is 0 Å². The van der Waals surface area contributed by atoms with E-state index in [1.807, 2.05) is 46.8 Å². The van der Waals surface area contributed by atoms with E-state index >= 15 is 0 Å². The smallest absolute Gasteiger partial charge is 0.325 e. The van der Waals surface area contributed by atoms with Gasteiger partial charge in [0.15, 0.2) is 0 Å². The third kappa shape index (κ3) is 6.22. The summed E-state index contributed by atoms with van der Waals surface area (Å²) in [5.41, 5.74) is 1.42. The minimum Gasteiger partial charge on any atom is -0.325 e. The molecule has 0 saturated carbocycles. The van der Waals surface area contributed by atoms with Crippen LogP contribution >= 0.6 is 0 Å². The number of piperidine rings is 1. The molecule has 0 aliphatic carbocycles. The Morgan fingerprint density at radius 3 is 1.91 bits per heavy atom. The fourth-order valence-electron chi connectivity index (χ4n) is 1.85. The van der Waals surface area contributed by atoms with Gasteiger partial charge in [0, 0.05) is 12.8 Å². The topological polar surface area (TPSA) is 63.7 Å². The monoisotopic (exact) mass is 321 g/mol. The molecular weight excluding hydrogens is 294 g/mol. The molecule has 1 heterocycles. The van der Waals surface area contributed by atoms with Gasteiger partial charge in [-0.15, -0.1) is 5.06 Å². The van der Waals surface area contributed by atoms with E-state index in [-0.39, 0.29) is 12.8 Å². The molecule has 0 bridgehead atoms. The fraction of sp³-hybridized carbons (Fsp3) is 0.500. The molecule has 0 atom stereocenters. The first-order valence-electron chi connectivity index (χ1n) is 8.29. The summed E-state index contributed by atoms with van der Waals surface area (Å²) in [6, 6.07) is 6.88. The molecule has 0 N–H and O–H groups in total. The summed E-state index contributed by atoms with van der Waals surface area (Å²) in [6.07, 6.45) is 1.84. The number of amides is 2. The standard InChI is InChI=1S/C14H15NO4.2C2H6/c1-2-10-6-8-11(9-7-10)14(18)19-15-12(16)4-3-5-13(15)17;2*1-2/h6-9H,2-5H2,1H3;2*1-2H3. The van der Waals surface area contributed by atoms with Crippen molar-refractivity contribution in [2.24, 2.45) is 0 Å². The van der Waals surface area contributed by atoms with Crippen LogP contribution < -0.4 is 0 Å². The van der Waals surface area contributed by atoms with E-state index < -0.39 is 17.8 Å². The highest BCUT2D eigenvalue weighted by molar-refractivity contribution is 5.99. The number of rotatable bonds is 3. The normalized spacial score (nSPS) is 13.3. The lowest BCUT2D eigenvalue weighted by molar-refractivity contribution is -0.184. The average Bonchev–Trinajstić information content (AvgIpc) is 2.61. The first-order valence-corrected chi connectivity index (χ1v) is 8.29. The molecule has 1 aromatic rings. The van der Waals surface area contributed by atoms with Crippen molar-refractivity contribution >= 4 is 17.8 Å². The molecular formula is C18H27NO4. The lowest BCUT2D eigenvalue weighted by atomic mass is 10.1.